The minimum Gasteiger partial charge on any atom is -0.497 e. The van der Waals surface area contributed by atoms with Crippen molar-refractivity contribution in [3.8, 4) is 5.75 Å². The van der Waals surface area contributed by atoms with Crippen molar-refractivity contribution in [1.82, 2.24) is 3.97 Å². The summed E-state index contributed by atoms with van der Waals surface area (Å²) in [5.41, 5.74) is 7.08. The fraction of sp³-hybridized carbons (Fsp3) is 0.176. The van der Waals surface area contributed by atoms with Gasteiger partial charge in [0.05, 0.1) is 17.6 Å². The molecule has 1 aromatic heterocycles. The summed E-state index contributed by atoms with van der Waals surface area (Å²) in [6.07, 6.45) is 2.17. The molecule has 2 N–H and O–H groups in total. The highest BCUT2D eigenvalue weighted by Gasteiger charge is 2.23. The zero-order chi connectivity index (χ0) is 17.3. The predicted molar refractivity (Wildman–Crippen MR) is 103 cm³/mol. The van der Waals surface area contributed by atoms with Gasteiger partial charge in [-0.1, -0.05) is 23.7 Å². The predicted octanol–water partition coefficient (Wildman–Crippen LogP) is 3.46. The minimum absolute atomic E-state index is 0. The summed E-state index contributed by atoms with van der Waals surface area (Å²) in [7, 11) is -2.24. The highest BCUT2D eigenvalue weighted by atomic mass is 35.5. The molecule has 0 aliphatic heterocycles. The Kier molecular flexibility index (Phi) is 6.00. The van der Waals surface area contributed by atoms with Crippen LogP contribution in [0.1, 0.15) is 5.56 Å². The van der Waals surface area contributed by atoms with Crippen LogP contribution in [0.5, 0.6) is 5.75 Å². The van der Waals surface area contributed by atoms with E-state index >= 15 is 0 Å². The molecule has 0 bridgehead atoms. The van der Waals surface area contributed by atoms with Gasteiger partial charge in [-0.3, -0.25) is 0 Å². The maximum absolute atomic E-state index is 13.1. The van der Waals surface area contributed by atoms with E-state index in [9.17, 15) is 8.42 Å². The summed E-state index contributed by atoms with van der Waals surface area (Å²) in [4.78, 5) is 0.0682. The molecule has 5 nitrogen and oxygen atoms in total. The molecule has 0 aliphatic rings. The van der Waals surface area contributed by atoms with E-state index in [0.29, 0.717) is 24.2 Å². The summed E-state index contributed by atoms with van der Waals surface area (Å²) in [6, 6.07) is 11.7. The van der Waals surface area contributed by atoms with Crippen molar-refractivity contribution in [3.05, 3.63) is 59.2 Å². The van der Waals surface area contributed by atoms with E-state index in [1.54, 1.807) is 43.6 Å². The molecule has 2 aromatic carbocycles. The van der Waals surface area contributed by atoms with Crippen LogP contribution in [0.4, 0.5) is 0 Å². The molecule has 0 amide bonds. The van der Waals surface area contributed by atoms with E-state index in [1.165, 1.54) is 10.0 Å². The second-order valence-corrected chi connectivity index (χ2v) is 7.50. The molecule has 1 heterocycles. The first-order valence-corrected chi connectivity index (χ1v) is 9.19. The van der Waals surface area contributed by atoms with Crippen LogP contribution in [-0.4, -0.2) is 26.0 Å². The summed E-state index contributed by atoms with van der Waals surface area (Å²) in [5.74, 6) is 0.661. The third-order valence-corrected chi connectivity index (χ3v) is 6.02. The van der Waals surface area contributed by atoms with Crippen LogP contribution in [-0.2, 0) is 16.4 Å². The van der Waals surface area contributed by atoms with E-state index in [0.717, 1.165) is 10.9 Å². The fourth-order valence-electron chi connectivity index (χ4n) is 2.69. The normalized spacial score (nSPS) is 11.3. The lowest BCUT2D eigenvalue weighted by Crippen LogP contribution is -2.12. The Morgan fingerprint density at radius 1 is 1.20 bits per heavy atom. The number of hydrogen-bond acceptors (Lipinski definition) is 4. The number of hydrogen-bond donors (Lipinski definition) is 1. The molecular formula is C17H18Cl2N2O3S. The second-order valence-electron chi connectivity index (χ2n) is 5.31. The van der Waals surface area contributed by atoms with Gasteiger partial charge in [0.1, 0.15) is 10.6 Å². The number of halogens is 2. The van der Waals surface area contributed by atoms with Crippen molar-refractivity contribution in [2.45, 2.75) is 11.3 Å². The zero-order valence-corrected chi connectivity index (χ0v) is 15.9. The Morgan fingerprint density at radius 3 is 2.56 bits per heavy atom. The summed E-state index contributed by atoms with van der Waals surface area (Å²) < 4.78 is 32.6. The van der Waals surface area contributed by atoms with Crippen molar-refractivity contribution in [2.24, 2.45) is 5.73 Å². The molecule has 3 aromatic rings. The summed E-state index contributed by atoms with van der Waals surface area (Å²) in [5, 5.41) is 0.990. The summed E-state index contributed by atoms with van der Waals surface area (Å²) in [6.45, 7) is 0.419. The van der Waals surface area contributed by atoms with Crippen LogP contribution in [0.15, 0.2) is 53.6 Å². The third-order valence-electron chi connectivity index (χ3n) is 3.85. The lowest BCUT2D eigenvalue weighted by molar-refractivity contribution is 0.415. The highest BCUT2D eigenvalue weighted by Crippen LogP contribution is 2.31. The maximum Gasteiger partial charge on any atom is 0.269 e. The van der Waals surface area contributed by atoms with Gasteiger partial charge in [-0.05, 0) is 48.9 Å². The lowest BCUT2D eigenvalue weighted by atomic mass is 10.1. The van der Waals surface area contributed by atoms with Crippen LogP contribution < -0.4 is 10.5 Å². The first-order valence-electron chi connectivity index (χ1n) is 7.37. The Balaban J connectivity index is 0.00000225. The molecule has 0 unspecified atom stereocenters. The molecule has 0 atom stereocenters. The van der Waals surface area contributed by atoms with E-state index in [2.05, 4.69) is 0 Å². The van der Waals surface area contributed by atoms with Crippen LogP contribution in [0, 0.1) is 0 Å². The van der Waals surface area contributed by atoms with E-state index in [4.69, 9.17) is 22.1 Å². The molecule has 25 heavy (non-hydrogen) atoms. The van der Waals surface area contributed by atoms with Gasteiger partial charge in [0, 0.05) is 11.6 Å². The van der Waals surface area contributed by atoms with Crippen molar-refractivity contribution >= 4 is 44.9 Å². The summed E-state index contributed by atoms with van der Waals surface area (Å²) >= 11 is 6.09. The van der Waals surface area contributed by atoms with E-state index in [1.807, 2.05) is 6.07 Å². The van der Waals surface area contributed by atoms with Gasteiger partial charge in [0.25, 0.3) is 10.0 Å². The number of ether oxygens (including phenoxy) is 1. The van der Waals surface area contributed by atoms with Gasteiger partial charge in [-0.15, -0.1) is 12.4 Å². The molecule has 8 heteroatoms. The Bertz CT molecular complexity index is 1000. The Labute approximate surface area is 157 Å². The largest absolute Gasteiger partial charge is 0.497 e. The Morgan fingerprint density at radius 2 is 1.92 bits per heavy atom. The number of nitrogens with two attached hydrogens (primary N) is 1. The van der Waals surface area contributed by atoms with Crippen molar-refractivity contribution < 1.29 is 13.2 Å². The monoisotopic (exact) mass is 400 g/mol. The van der Waals surface area contributed by atoms with Gasteiger partial charge >= 0.3 is 0 Å². The van der Waals surface area contributed by atoms with Gasteiger partial charge in [0.15, 0.2) is 0 Å². The van der Waals surface area contributed by atoms with Crippen LogP contribution >= 0.6 is 24.0 Å². The van der Waals surface area contributed by atoms with Gasteiger partial charge < -0.3 is 10.5 Å². The zero-order valence-electron chi connectivity index (χ0n) is 13.5. The SMILES string of the molecule is COc1ccc2c(c1)c(CCN)cn2S(=O)(=O)c1ccccc1Cl.Cl. The van der Waals surface area contributed by atoms with Crippen molar-refractivity contribution in [2.75, 3.05) is 13.7 Å². The highest BCUT2D eigenvalue weighted by molar-refractivity contribution is 7.90. The van der Waals surface area contributed by atoms with Crippen LogP contribution in [0.25, 0.3) is 10.9 Å². The van der Waals surface area contributed by atoms with Gasteiger partial charge in [-0.25, -0.2) is 12.4 Å². The van der Waals surface area contributed by atoms with E-state index in [-0.39, 0.29) is 22.3 Å². The van der Waals surface area contributed by atoms with Gasteiger partial charge in [-0.2, -0.15) is 0 Å². The van der Waals surface area contributed by atoms with Crippen LogP contribution in [0.2, 0.25) is 5.02 Å². The number of methoxy groups -OCH3 is 1. The van der Waals surface area contributed by atoms with Crippen molar-refractivity contribution in [3.63, 3.8) is 0 Å². The number of fused-ring (bicyclic) bond motifs is 1. The smallest absolute Gasteiger partial charge is 0.269 e. The third kappa shape index (κ3) is 3.48. The molecule has 134 valence electrons. The molecule has 0 aliphatic carbocycles. The molecule has 0 saturated carbocycles. The van der Waals surface area contributed by atoms with Gasteiger partial charge in [0.2, 0.25) is 0 Å². The first-order chi connectivity index (χ1) is 11.5. The molecule has 0 spiro atoms. The topological polar surface area (TPSA) is 74.3 Å². The standard InChI is InChI=1S/C17H17ClN2O3S.ClH/c1-23-13-6-7-16-14(10-13)12(8-9-19)11-20(16)24(21,22)17-5-3-2-4-15(17)18;/h2-7,10-11H,8-9,19H2,1H3;1H. The number of benzene rings is 2. The molecule has 0 radical (unpaired) electrons. The minimum atomic E-state index is -3.81. The van der Waals surface area contributed by atoms with Crippen molar-refractivity contribution in [1.29, 1.82) is 0 Å². The molecule has 3 rings (SSSR count). The molecular weight excluding hydrogens is 383 g/mol. The average molecular weight is 401 g/mol. The maximum atomic E-state index is 13.1. The number of nitrogens with zero attached hydrogens (tertiary/aromatic N) is 1. The quantitative estimate of drug-likeness (QED) is 0.711. The van der Waals surface area contributed by atoms with Crippen LogP contribution in [0.3, 0.4) is 0 Å². The first kappa shape index (κ1) is 19.6. The second kappa shape index (κ2) is 7.66. The molecule has 0 saturated heterocycles. The molecule has 0 fully saturated rings. The Hall–Kier alpha value is -1.73. The lowest BCUT2D eigenvalue weighted by Gasteiger charge is -2.09. The average Bonchev–Trinajstić information content (AvgIpc) is 2.94. The number of rotatable bonds is 5. The fourth-order valence-corrected chi connectivity index (χ4v) is 4.57. The van der Waals surface area contributed by atoms with E-state index < -0.39 is 10.0 Å². The number of aromatic nitrogens is 1.